The standard InChI is InChI=1S/C11H21NO2/c1-9(2)11(13)14-8-7-12(5,6)10(3)4/h10H,1,3,7-8H2,2,4-6H3/q+1. The normalized spacial score (nSPS) is 11.6. The zero-order chi connectivity index (χ0) is 11.4. The van der Waals surface area contributed by atoms with Crippen LogP contribution in [0.1, 0.15) is 13.8 Å². The van der Waals surface area contributed by atoms with Crippen LogP contribution in [0.5, 0.6) is 0 Å². The summed E-state index contributed by atoms with van der Waals surface area (Å²) in [7, 11) is 4.12. The van der Waals surface area contributed by atoms with Crippen molar-refractivity contribution in [3.05, 3.63) is 19.1 Å². The Bertz CT molecular complexity index is 219. The molecular weight excluding hydrogens is 178 g/mol. The molecule has 0 saturated heterocycles. The minimum atomic E-state index is -0.318. The van der Waals surface area contributed by atoms with Gasteiger partial charge >= 0.3 is 5.97 Å². The van der Waals surface area contributed by atoms with Gasteiger partial charge in [-0.25, -0.2) is 4.79 Å². The summed E-state index contributed by atoms with van der Waals surface area (Å²) < 4.78 is 5.75. The monoisotopic (exact) mass is 199 g/mol. The molecule has 1 radical (unpaired) electrons. The molecule has 0 aromatic heterocycles. The van der Waals surface area contributed by atoms with Crippen LogP contribution in [-0.2, 0) is 9.53 Å². The molecule has 1 unspecified atom stereocenters. The highest BCUT2D eigenvalue weighted by Crippen LogP contribution is 2.04. The minimum absolute atomic E-state index is 0.276. The lowest BCUT2D eigenvalue weighted by Gasteiger charge is -2.33. The van der Waals surface area contributed by atoms with Gasteiger partial charge in [0.15, 0.2) is 0 Å². The Morgan fingerprint density at radius 3 is 2.36 bits per heavy atom. The first kappa shape index (κ1) is 13.2. The van der Waals surface area contributed by atoms with Crippen LogP contribution >= 0.6 is 0 Å². The topological polar surface area (TPSA) is 26.3 Å². The molecule has 0 aromatic carbocycles. The molecular formula is C11H21NO2+. The van der Waals surface area contributed by atoms with Crippen LogP contribution in [0.3, 0.4) is 0 Å². The quantitative estimate of drug-likeness (QED) is 0.380. The Morgan fingerprint density at radius 2 is 2.00 bits per heavy atom. The van der Waals surface area contributed by atoms with E-state index in [1.807, 2.05) is 6.92 Å². The maximum atomic E-state index is 11.1. The molecule has 0 heterocycles. The number of carbonyl (C=O) groups is 1. The molecule has 0 saturated carbocycles. The van der Waals surface area contributed by atoms with E-state index in [0.29, 0.717) is 12.2 Å². The van der Waals surface area contributed by atoms with Gasteiger partial charge in [-0.3, -0.25) is 0 Å². The van der Waals surface area contributed by atoms with Crippen LogP contribution < -0.4 is 0 Å². The summed E-state index contributed by atoms with van der Waals surface area (Å²) in [5, 5.41) is 0. The van der Waals surface area contributed by atoms with Crippen LogP contribution in [0.15, 0.2) is 12.2 Å². The predicted octanol–water partition coefficient (Wildman–Crippen LogP) is 1.40. The Morgan fingerprint density at radius 1 is 1.50 bits per heavy atom. The summed E-state index contributed by atoms with van der Waals surface area (Å²) in [6.45, 7) is 12.3. The molecule has 0 amide bonds. The number of quaternary nitrogens is 1. The molecule has 0 rings (SSSR count). The van der Waals surface area contributed by atoms with Crippen LogP contribution in [-0.4, -0.2) is 43.7 Å². The van der Waals surface area contributed by atoms with Crippen molar-refractivity contribution in [2.75, 3.05) is 27.2 Å². The van der Waals surface area contributed by atoms with Gasteiger partial charge < -0.3 is 9.22 Å². The Hall–Kier alpha value is -0.830. The fourth-order valence-corrected chi connectivity index (χ4v) is 0.717. The van der Waals surface area contributed by atoms with Gasteiger partial charge in [-0.15, -0.1) is 0 Å². The summed E-state index contributed by atoms with van der Waals surface area (Å²) in [4.78, 5) is 11.1. The van der Waals surface area contributed by atoms with Gasteiger partial charge in [-0.1, -0.05) is 6.58 Å². The average molecular weight is 199 g/mol. The smallest absolute Gasteiger partial charge is 0.333 e. The van der Waals surface area contributed by atoms with E-state index in [2.05, 4.69) is 27.6 Å². The minimum Gasteiger partial charge on any atom is -0.456 e. The molecule has 1 atom stereocenters. The van der Waals surface area contributed by atoms with Crippen molar-refractivity contribution < 1.29 is 14.0 Å². The molecule has 0 aliphatic carbocycles. The number of nitrogens with zero attached hydrogens (tertiary/aromatic N) is 1. The predicted molar refractivity (Wildman–Crippen MR) is 57.6 cm³/mol. The highest BCUT2D eigenvalue weighted by Gasteiger charge is 2.19. The van der Waals surface area contributed by atoms with E-state index in [9.17, 15) is 4.79 Å². The van der Waals surface area contributed by atoms with Gasteiger partial charge in [0.2, 0.25) is 0 Å². The van der Waals surface area contributed by atoms with Gasteiger partial charge in [0.05, 0.1) is 20.1 Å². The molecule has 14 heavy (non-hydrogen) atoms. The molecule has 0 bridgehead atoms. The van der Waals surface area contributed by atoms with Crippen LogP contribution in [0, 0.1) is 6.92 Å². The SMILES string of the molecule is [CH2]C(C)[N+](C)(C)CCOC(=O)C(=C)C. The summed E-state index contributed by atoms with van der Waals surface area (Å²) in [5.74, 6) is -0.318. The number of hydrogen-bond donors (Lipinski definition) is 0. The molecule has 81 valence electrons. The van der Waals surface area contributed by atoms with Gasteiger partial charge in [-0.2, -0.15) is 0 Å². The third kappa shape index (κ3) is 4.42. The first-order valence-corrected chi connectivity index (χ1v) is 4.75. The lowest BCUT2D eigenvalue weighted by Crippen LogP contribution is -2.48. The van der Waals surface area contributed by atoms with Gasteiger partial charge in [0, 0.05) is 12.5 Å². The second-order valence-corrected chi connectivity index (χ2v) is 4.27. The van der Waals surface area contributed by atoms with E-state index in [1.54, 1.807) is 6.92 Å². The number of likely N-dealkylation sites (N-methyl/N-ethyl adjacent to an activating group) is 1. The molecule has 0 fully saturated rings. The average Bonchev–Trinajstić information content (AvgIpc) is 2.03. The summed E-state index contributed by atoms with van der Waals surface area (Å²) >= 11 is 0. The van der Waals surface area contributed by atoms with E-state index in [0.717, 1.165) is 11.0 Å². The molecule has 0 aliphatic heterocycles. The Balaban J connectivity index is 3.85. The van der Waals surface area contributed by atoms with Crippen molar-refractivity contribution in [1.29, 1.82) is 0 Å². The second kappa shape index (κ2) is 5.15. The van der Waals surface area contributed by atoms with Crippen LogP contribution in [0.25, 0.3) is 0 Å². The molecule has 0 N–H and O–H groups in total. The molecule has 0 spiro atoms. The van der Waals surface area contributed by atoms with Crippen molar-refractivity contribution in [3.63, 3.8) is 0 Å². The van der Waals surface area contributed by atoms with E-state index in [1.165, 1.54) is 0 Å². The molecule has 3 nitrogen and oxygen atoms in total. The van der Waals surface area contributed by atoms with Crippen molar-refractivity contribution in [2.45, 2.75) is 19.9 Å². The van der Waals surface area contributed by atoms with Crippen molar-refractivity contribution in [3.8, 4) is 0 Å². The largest absolute Gasteiger partial charge is 0.456 e. The van der Waals surface area contributed by atoms with Gasteiger partial charge in [-0.05, 0) is 13.8 Å². The third-order valence-electron chi connectivity index (χ3n) is 2.44. The van der Waals surface area contributed by atoms with Crippen molar-refractivity contribution in [1.82, 2.24) is 0 Å². The highest BCUT2D eigenvalue weighted by molar-refractivity contribution is 5.86. The highest BCUT2D eigenvalue weighted by atomic mass is 16.5. The van der Waals surface area contributed by atoms with Gasteiger partial charge in [0.25, 0.3) is 0 Å². The van der Waals surface area contributed by atoms with Crippen LogP contribution in [0.2, 0.25) is 0 Å². The van der Waals surface area contributed by atoms with E-state index in [-0.39, 0.29) is 12.0 Å². The Kier molecular flexibility index (Phi) is 4.85. The first-order chi connectivity index (χ1) is 6.27. The molecule has 0 aromatic rings. The van der Waals surface area contributed by atoms with E-state index >= 15 is 0 Å². The van der Waals surface area contributed by atoms with Crippen molar-refractivity contribution >= 4 is 5.97 Å². The molecule has 3 heteroatoms. The Labute approximate surface area is 86.9 Å². The maximum absolute atomic E-state index is 11.1. The first-order valence-electron chi connectivity index (χ1n) is 4.75. The lowest BCUT2D eigenvalue weighted by molar-refractivity contribution is -0.907. The summed E-state index contributed by atoms with van der Waals surface area (Å²) in [6.07, 6.45) is 0. The third-order valence-corrected chi connectivity index (χ3v) is 2.44. The number of carbonyl (C=O) groups excluding carboxylic acids is 1. The van der Waals surface area contributed by atoms with Crippen molar-refractivity contribution in [2.24, 2.45) is 0 Å². The van der Waals surface area contributed by atoms with Crippen LogP contribution in [0.4, 0.5) is 0 Å². The van der Waals surface area contributed by atoms with Gasteiger partial charge in [0.1, 0.15) is 13.2 Å². The lowest BCUT2D eigenvalue weighted by atomic mass is 10.3. The van der Waals surface area contributed by atoms with E-state index in [4.69, 9.17) is 4.74 Å². The zero-order valence-electron chi connectivity index (χ0n) is 9.67. The fraction of sp³-hybridized carbons (Fsp3) is 0.636. The number of rotatable bonds is 5. The summed E-state index contributed by atoms with van der Waals surface area (Å²) in [6, 6.07) is 0.276. The number of ether oxygens (including phenoxy) is 1. The second-order valence-electron chi connectivity index (χ2n) is 4.27. The fourth-order valence-electron chi connectivity index (χ4n) is 0.717. The number of esters is 1. The van der Waals surface area contributed by atoms with E-state index < -0.39 is 0 Å². The zero-order valence-corrected chi connectivity index (χ0v) is 9.67. The maximum Gasteiger partial charge on any atom is 0.333 e. The molecule has 0 aliphatic rings. The number of hydrogen-bond acceptors (Lipinski definition) is 2. The summed E-state index contributed by atoms with van der Waals surface area (Å²) in [5.41, 5.74) is 0.443.